The van der Waals surface area contributed by atoms with Crippen LogP contribution in [0.2, 0.25) is 0 Å². The summed E-state index contributed by atoms with van der Waals surface area (Å²) in [5, 5.41) is 5.94. The van der Waals surface area contributed by atoms with Crippen molar-refractivity contribution in [1.29, 1.82) is 0 Å². The van der Waals surface area contributed by atoms with Gasteiger partial charge in [0.15, 0.2) is 0 Å². The number of ether oxygens (including phenoxy) is 1. The van der Waals surface area contributed by atoms with Gasteiger partial charge in [-0.05, 0) is 0 Å². The van der Waals surface area contributed by atoms with Crippen LogP contribution in [0.1, 0.15) is 5.56 Å². The molecular weight excluding hydrogens is 449 g/mol. The van der Waals surface area contributed by atoms with Crippen LogP contribution >= 0.6 is 17.2 Å². The van der Waals surface area contributed by atoms with Crippen molar-refractivity contribution >= 4 is 44.9 Å². The summed E-state index contributed by atoms with van der Waals surface area (Å²) in [5.74, 6) is -3.44. The van der Waals surface area contributed by atoms with Gasteiger partial charge in [-0.2, -0.15) is 0 Å². The molecule has 4 rings (SSSR count). The van der Waals surface area contributed by atoms with Crippen LogP contribution in [0.4, 0.5) is 10.5 Å². The van der Waals surface area contributed by atoms with Crippen molar-refractivity contribution in [1.82, 2.24) is 0 Å². The van der Waals surface area contributed by atoms with E-state index in [9.17, 15) is 4.79 Å². The molecule has 0 aromatic heterocycles. The van der Waals surface area contributed by atoms with Crippen LogP contribution in [0.5, 0.6) is 0 Å². The fourth-order valence-corrected chi connectivity index (χ4v) is 9.86. The van der Waals surface area contributed by atoms with Crippen molar-refractivity contribution in [2.24, 2.45) is 0 Å². The minimum absolute atomic E-state index is 0.178. The standard InChI is InChI=1S/C28H27ClNO2P/c1-23-17-19-24(20-18-23)30-28(31)32-21-22-33(29,25-11-5-2-6-12-25,26-13-7-3-8-14-26)27-15-9-4-10-16-27/h2-20H,21-22H2,1H3,(H,30,31). The van der Waals surface area contributed by atoms with E-state index in [1.807, 2.05) is 85.8 Å². The average molecular weight is 476 g/mol. The number of carbonyl (C=O) groups is 1. The van der Waals surface area contributed by atoms with Gasteiger partial charge >= 0.3 is 200 Å². The van der Waals surface area contributed by atoms with Gasteiger partial charge in [-0.3, -0.25) is 0 Å². The molecule has 5 heteroatoms. The maximum absolute atomic E-state index is 12.5. The van der Waals surface area contributed by atoms with Crippen LogP contribution < -0.4 is 21.2 Å². The second kappa shape index (κ2) is 9.79. The van der Waals surface area contributed by atoms with E-state index in [2.05, 4.69) is 41.7 Å². The predicted octanol–water partition coefficient (Wildman–Crippen LogP) is 6.23. The fraction of sp³-hybridized carbons (Fsp3) is 0.107. The zero-order chi connectivity index (χ0) is 23.2. The third kappa shape index (κ3) is 4.66. The van der Waals surface area contributed by atoms with Gasteiger partial charge in [-0.1, -0.05) is 0 Å². The maximum atomic E-state index is 12.5. The fourth-order valence-electron chi connectivity index (χ4n) is 4.15. The Morgan fingerprint density at radius 1 is 0.727 bits per heavy atom. The molecule has 0 radical (unpaired) electrons. The summed E-state index contributed by atoms with van der Waals surface area (Å²) in [5.41, 5.74) is 1.82. The van der Waals surface area contributed by atoms with E-state index in [-0.39, 0.29) is 6.61 Å². The van der Waals surface area contributed by atoms with Crippen molar-refractivity contribution < 1.29 is 9.53 Å². The van der Waals surface area contributed by atoms with E-state index in [1.165, 1.54) is 0 Å². The molecule has 4 aromatic carbocycles. The molecule has 0 saturated carbocycles. The van der Waals surface area contributed by atoms with Gasteiger partial charge in [0.05, 0.1) is 0 Å². The number of halogens is 1. The Bertz CT molecular complexity index is 1100. The first-order chi connectivity index (χ1) is 16.0. The van der Waals surface area contributed by atoms with E-state index in [0.717, 1.165) is 21.5 Å². The van der Waals surface area contributed by atoms with Crippen LogP contribution in [0.25, 0.3) is 0 Å². The normalized spacial score (nSPS) is 12.4. The molecule has 0 atom stereocenters. The van der Waals surface area contributed by atoms with Crippen molar-refractivity contribution in [3.05, 3.63) is 121 Å². The number of rotatable bonds is 7. The molecule has 4 aromatic rings. The Morgan fingerprint density at radius 2 is 1.15 bits per heavy atom. The average Bonchev–Trinajstić information content (AvgIpc) is 2.87. The van der Waals surface area contributed by atoms with Gasteiger partial charge in [0, 0.05) is 0 Å². The second-order valence-electron chi connectivity index (χ2n) is 8.04. The molecule has 0 unspecified atom stereocenters. The van der Waals surface area contributed by atoms with Gasteiger partial charge in [0.2, 0.25) is 0 Å². The predicted molar refractivity (Wildman–Crippen MR) is 142 cm³/mol. The zero-order valence-corrected chi connectivity index (χ0v) is 20.2. The molecular formula is C28H27ClNO2P. The summed E-state index contributed by atoms with van der Waals surface area (Å²) in [6, 6.07) is 38.1. The minimum atomic E-state index is -3.44. The second-order valence-corrected chi connectivity index (χ2v) is 14.6. The van der Waals surface area contributed by atoms with Crippen molar-refractivity contribution in [3.63, 3.8) is 0 Å². The molecule has 0 fully saturated rings. The van der Waals surface area contributed by atoms with E-state index in [1.54, 1.807) is 0 Å². The Kier molecular flexibility index (Phi) is 6.83. The molecule has 168 valence electrons. The molecule has 1 amide bonds. The topological polar surface area (TPSA) is 38.3 Å². The number of anilines is 1. The number of carbonyl (C=O) groups excluding carboxylic acids is 1. The van der Waals surface area contributed by atoms with Crippen LogP contribution in [-0.4, -0.2) is 18.9 Å². The number of aryl methyl sites for hydroxylation is 1. The number of amides is 1. The van der Waals surface area contributed by atoms with Gasteiger partial charge in [0.25, 0.3) is 0 Å². The van der Waals surface area contributed by atoms with Crippen LogP contribution in [0, 0.1) is 6.92 Å². The number of hydrogen-bond donors (Lipinski definition) is 1. The van der Waals surface area contributed by atoms with Crippen molar-refractivity contribution in [3.8, 4) is 0 Å². The molecule has 1 N–H and O–H groups in total. The summed E-state index contributed by atoms with van der Waals surface area (Å²) < 4.78 is 5.66. The van der Waals surface area contributed by atoms with Crippen LogP contribution in [0.15, 0.2) is 115 Å². The van der Waals surface area contributed by atoms with Gasteiger partial charge < -0.3 is 0 Å². The molecule has 0 aliphatic rings. The first-order valence-electron chi connectivity index (χ1n) is 10.9. The SMILES string of the molecule is Cc1ccc(NC(=O)OCCP(Cl)(c2ccccc2)(c2ccccc2)c2ccccc2)cc1. The molecule has 0 bridgehead atoms. The van der Waals surface area contributed by atoms with Crippen LogP contribution in [-0.2, 0) is 4.74 Å². The van der Waals surface area contributed by atoms with E-state index < -0.39 is 12.0 Å². The zero-order valence-electron chi connectivity index (χ0n) is 18.5. The van der Waals surface area contributed by atoms with E-state index >= 15 is 0 Å². The number of nitrogens with one attached hydrogen (secondary N) is 1. The Hall–Kier alpha value is -3.13. The van der Waals surface area contributed by atoms with E-state index in [4.69, 9.17) is 16.0 Å². The Morgan fingerprint density at radius 3 is 1.58 bits per heavy atom. The third-order valence-electron chi connectivity index (χ3n) is 5.93. The molecule has 0 spiro atoms. The molecule has 0 aliphatic heterocycles. The summed E-state index contributed by atoms with van der Waals surface area (Å²) in [4.78, 5) is 12.5. The summed E-state index contributed by atoms with van der Waals surface area (Å²) in [7, 11) is 0. The summed E-state index contributed by atoms with van der Waals surface area (Å²) >= 11 is 7.95. The molecule has 0 heterocycles. The third-order valence-corrected chi connectivity index (χ3v) is 13.3. The van der Waals surface area contributed by atoms with Gasteiger partial charge in [-0.15, -0.1) is 0 Å². The summed E-state index contributed by atoms with van der Waals surface area (Å²) in [6.07, 6.45) is -0.0123. The first kappa shape index (κ1) is 23.0. The van der Waals surface area contributed by atoms with Gasteiger partial charge in [-0.25, -0.2) is 0 Å². The Balaban J connectivity index is 1.69. The molecule has 0 aliphatic carbocycles. The number of benzene rings is 4. The van der Waals surface area contributed by atoms with Crippen LogP contribution in [0.3, 0.4) is 0 Å². The first-order valence-corrected chi connectivity index (χ1v) is 14.2. The monoisotopic (exact) mass is 475 g/mol. The molecule has 0 saturated heterocycles. The molecule has 33 heavy (non-hydrogen) atoms. The summed E-state index contributed by atoms with van der Waals surface area (Å²) in [6.45, 7) is 2.18. The number of hydrogen-bond acceptors (Lipinski definition) is 2. The van der Waals surface area contributed by atoms with Crippen molar-refractivity contribution in [2.45, 2.75) is 6.92 Å². The quantitative estimate of drug-likeness (QED) is 0.322. The van der Waals surface area contributed by atoms with Gasteiger partial charge in [0.1, 0.15) is 0 Å². The van der Waals surface area contributed by atoms with E-state index in [0.29, 0.717) is 11.8 Å². The molecule has 3 nitrogen and oxygen atoms in total. The Labute approximate surface area is 200 Å². The van der Waals surface area contributed by atoms with Crippen molar-refractivity contribution in [2.75, 3.05) is 18.1 Å².